The molecule has 4 aromatic rings. The molecule has 0 saturated heterocycles. The second kappa shape index (κ2) is 8.04. The molecule has 0 unspecified atom stereocenters. The van der Waals surface area contributed by atoms with E-state index in [2.05, 4.69) is 20.6 Å². The van der Waals surface area contributed by atoms with Crippen molar-refractivity contribution in [2.75, 3.05) is 18.5 Å². The number of fused-ring (bicyclic) bond motifs is 2. The summed E-state index contributed by atoms with van der Waals surface area (Å²) in [5.74, 6) is 1.32. The number of anilines is 1. The Labute approximate surface area is 182 Å². The van der Waals surface area contributed by atoms with Gasteiger partial charge in [-0.05, 0) is 60.7 Å². The Kier molecular flexibility index (Phi) is 4.93. The van der Waals surface area contributed by atoms with Crippen molar-refractivity contribution in [3.05, 3.63) is 66.5 Å². The summed E-state index contributed by atoms with van der Waals surface area (Å²) >= 11 is 5.29. The predicted octanol–water partition coefficient (Wildman–Crippen LogP) is 3.79. The van der Waals surface area contributed by atoms with E-state index in [1.54, 1.807) is 48.8 Å². The fourth-order valence-electron chi connectivity index (χ4n) is 3.15. The third-order valence-corrected chi connectivity index (χ3v) is 4.81. The first-order valence-electron chi connectivity index (χ1n) is 9.49. The second-order valence-corrected chi connectivity index (χ2v) is 7.11. The molecule has 0 spiro atoms. The Morgan fingerprint density at radius 3 is 2.61 bits per heavy atom. The van der Waals surface area contributed by atoms with E-state index >= 15 is 0 Å². The maximum absolute atomic E-state index is 12.5. The van der Waals surface area contributed by atoms with E-state index in [0.29, 0.717) is 53.0 Å². The van der Waals surface area contributed by atoms with E-state index in [-0.39, 0.29) is 11.0 Å². The summed E-state index contributed by atoms with van der Waals surface area (Å²) in [5.41, 5.74) is 3.24. The number of carbonyl (C=O) groups is 1. The van der Waals surface area contributed by atoms with Crippen molar-refractivity contribution in [2.45, 2.75) is 0 Å². The van der Waals surface area contributed by atoms with Crippen LogP contribution >= 0.6 is 12.2 Å². The SMILES string of the molecule is O=C(NC(=S)Nc1ccc2oc(-c3ccncc3)nc2c1)c1ccc2c(c1)OCCO2. The molecule has 0 saturated carbocycles. The second-order valence-electron chi connectivity index (χ2n) is 6.70. The number of hydrogen-bond donors (Lipinski definition) is 2. The zero-order chi connectivity index (χ0) is 21.2. The highest BCUT2D eigenvalue weighted by molar-refractivity contribution is 7.80. The lowest BCUT2D eigenvalue weighted by atomic mass is 10.2. The number of nitrogens with one attached hydrogen (secondary N) is 2. The van der Waals surface area contributed by atoms with Gasteiger partial charge in [0.2, 0.25) is 5.89 Å². The van der Waals surface area contributed by atoms with Crippen molar-refractivity contribution >= 4 is 40.0 Å². The first kappa shape index (κ1) is 19.0. The van der Waals surface area contributed by atoms with E-state index in [1.807, 2.05) is 12.1 Å². The monoisotopic (exact) mass is 432 g/mol. The van der Waals surface area contributed by atoms with Crippen LogP contribution in [0.15, 0.2) is 65.3 Å². The van der Waals surface area contributed by atoms with E-state index < -0.39 is 0 Å². The first-order chi connectivity index (χ1) is 15.2. The highest BCUT2D eigenvalue weighted by atomic mass is 32.1. The summed E-state index contributed by atoms with van der Waals surface area (Å²) in [4.78, 5) is 21.0. The summed E-state index contributed by atoms with van der Waals surface area (Å²) < 4.78 is 16.8. The molecule has 2 aromatic heterocycles. The molecule has 0 fully saturated rings. The van der Waals surface area contributed by atoms with Gasteiger partial charge in [-0.3, -0.25) is 15.1 Å². The number of aromatic nitrogens is 2. The molecule has 2 N–H and O–H groups in total. The van der Waals surface area contributed by atoms with Gasteiger partial charge in [-0.2, -0.15) is 0 Å². The van der Waals surface area contributed by atoms with Crippen LogP contribution in [0.4, 0.5) is 5.69 Å². The summed E-state index contributed by atoms with van der Waals surface area (Å²) in [7, 11) is 0. The molecule has 1 aliphatic heterocycles. The average Bonchev–Trinajstić information content (AvgIpc) is 3.23. The first-order valence-corrected chi connectivity index (χ1v) is 9.89. The largest absolute Gasteiger partial charge is 0.486 e. The summed E-state index contributed by atoms with van der Waals surface area (Å²) in [6.07, 6.45) is 3.36. The molecule has 8 nitrogen and oxygen atoms in total. The molecule has 154 valence electrons. The van der Waals surface area contributed by atoms with Crippen molar-refractivity contribution in [3.63, 3.8) is 0 Å². The van der Waals surface area contributed by atoms with Crippen molar-refractivity contribution < 1.29 is 18.7 Å². The highest BCUT2D eigenvalue weighted by Gasteiger charge is 2.16. The van der Waals surface area contributed by atoms with Crippen molar-refractivity contribution in [1.29, 1.82) is 0 Å². The molecule has 5 rings (SSSR count). The minimum absolute atomic E-state index is 0.164. The quantitative estimate of drug-likeness (QED) is 0.472. The van der Waals surface area contributed by atoms with Crippen LogP contribution in [0.5, 0.6) is 11.5 Å². The Hall–Kier alpha value is -3.98. The lowest BCUT2D eigenvalue weighted by molar-refractivity contribution is 0.0976. The maximum atomic E-state index is 12.5. The van der Waals surface area contributed by atoms with Gasteiger partial charge in [0.1, 0.15) is 18.7 Å². The topological polar surface area (TPSA) is 98.5 Å². The van der Waals surface area contributed by atoms with Crippen LogP contribution in [-0.2, 0) is 0 Å². The van der Waals surface area contributed by atoms with Crippen LogP contribution in [0, 0.1) is 0 Å². The maximum Gasteiger partial charge on any atom is 0.257 e. The Morgan fingerprint density at radius 2 is 1.77 bits per heavy atom. The zero-order valence-electron chi connectivity index (χ0n) is 16.1. The third-order valence-electron chi connectivity index (χ3n) is 4.60. The number of ether oxygens (including phenoxy) is 2. The van der Waals surface area contributed by atoms with Gasteiger partial charge in [-0.25, -0.2) is 4.98 Å². The smallest absolute Gasteiger partial charge is 0.257 e. The number of nitrogens with zero attached hydrogens (tertiary/aromatic N) is 2. The average molecular weight is 432 g/mol. The Bertz CT molecular complexity index is 1290. The molecule has 0 bridgehead atoms. The molecule has 0 aliphatic carbocycles. The van der Waals surface area contributed by atoms with E-state index in [0.717, 1.165) is 5.56 Å². The number of oxazole rings is 1. The zero-order valence-corrected chi connectivity index (χ0v) is 16.9. The third kappa shape index (κ3) is 4.03. The van der Waals surface area contributed by atoms with Crippen molar-refractivity contribution in [1.82, 2.24) is 15.3 Å². The Balaban J connectivity index is 1.28. The molecule has 31 heavy (non-hydrogen) atoms. The van der Waals surface area contributed by atoms with Gasteiger partial charge in [-0.15, -0.1) is 0 Å². The standard InChI is InChI=1S/C22H16N4O4S/c27-20(14-1-3-18-19(11-14)29-10-9-28-18)26-22(31)24-15-2-4-17-16(12-15)25-21(30-17)13-5-7-23-8-6-13/h1-8,11-12H,9-10H2,(H2,24,26,27,31). The van der Waals surface area contributed by atoms with Crippen molar-refractivity contribution in [2.24, 2.45) is 0 Å². The summed E-state index contributed by atoms with van der Waals surface area (Å²) in [6.45, 7) is 0.942. The van der Waals surface area contributed by atoms with E-state index in [9.17, 15) is 4.79 Å². The lowest BCUT2D eigenvalue weighted by Crippen LogP contribution is -2.34. The molecule has 1 amide bonds. The van der Waals surface area contributed by atoms with E-state index in [1.165, 1.54) is 0 Å². The molecule has 1 aliphatic rings. The van der Waals surface area contributed by atoms with Crippen LogP contribution in [0.25, 0.3) is 22.6 Å². The molecule has 3 heterocycles. The molecule has 0 radical (unpaired) electrons. The number of pyridine rings is 1. The lowest BCUT2D eigenvalue weighted by Gasteiger charge is -2.18. The van der Waals surface area contributed by atoms with Gasteiger partial charge in [0.05, 0.1) is 0 Å². The summed E-state index contributed by atoms with van der Waals surface area (Å²) in [6, 6.07) is 14.0. The fraction of sp³-hybridized carbons (Fsp3) is 0.0909. The number of carbonyl (C=O) groups excluding carboxylic acids is 1. The molecule has 9 heteroatoms. The minimum Gasteiger partial charge on any atom is -0.486 e. The van der Waals surface area contributed by atoms with Crippen LogP contribution < -0.4 is 20.1 Å². The van der Waals surface area contributed by atoms with E-state index in [4.69, 9.17) is 26.1 Å². The van der Waals surface area contributed by atoms with Gasteiger partial charge in [0.25, 0.3) is 5.91 Å². The minimum atomic E-state index is -0.350. The summed E-state index contributed by atoms with van der Waals surface area (Å²) in [5, 5.41) is 5.83. The van der Waals surface area contributed by atoms with Crippen LogP contribution in [0.2, 0.25) is 0 Å². The predicted molar refractivity (Wildman–Crippen MR) is 118 cm³/mol. The molecule has 0 atom stereocenters. The van der Waals surface area contributed by atoms with Gasteiger partial charge in [0.15, 0.2) is 22.2 Å². The van der Waals surface area contributed by atoms with Crippen LogP contribution in [-0.4, -0.2) is 34.2 Å². The van der Waals surface area contributed by atoms with Gasteiger partial charge in [0, 0.05) is 29.2 Å². The Morgan fingerprint density at radius 1 is 0.968 bits per heavy atom. The number of hydrogen-bond acceptors (Lipinski definition) is 7. The van der Waals surface area contributed by atoms with Crippen molar-refractivity contribution in [3.8, 4) is 23.0 Å². The van der Waals surface area contributed by atoms with Gasteiger partial charge < -0.3 is 19.2 Å². The van der Waals surface area contributed by atoms with Gasteiger partial charge in [-0.1, -0.05) is 0 Å². The van der Waals surface area contributed by atoms with Crippen LogP contribution in [0.1, 0.15) is 10.4 Å². The number of thiocarbonyl (C=S) groups is 1. The normalized spacial score (nSPS) is 12.4. The highest BCUT2D eigenvalue weighted by Crippen LogP contribution is 2.30. The van der Waals surface area contributed by atoms with Gasteiger partial charge >= 0.3 is 0 Å². The van der Waals surface area contributed by atoms with Crippen LogP contribution in [0.3, 0.4) is 0 Å². The number of rotatable bonds is 3. The molecular weight excluding hydrogens is 416 g/mol. The fourth-order valence-corrected chi connectivity index (χ4v) is 3.36. The molecule has 2 aromatic carbocycles. The molecular formula is C22H16N4O4S. The number of benzene rings is 2. The number of amides is 1.